The number of hydrogen-bond donors (Lipinski definition) is 2. The largest absolute Gasteiger partial charge is 0.480 e. The SMILES string of the molecule is CCC(=O)Nc1cccc(C(=O)N(CCOC)CC(=O)O)c1. The van der Waals surface area contributed by atoms with Crippen LogP contribution in [-0.4, -0.2) is 54.6 Å². The van der Waals surface area contributed by atoms with E-state index in [1.807, 2.05) is 0 Å². The number of nitrogens with one attached hydrogen (secondary N) is 1. The van der Waals surface area contributed by atoms with Crippen molar-refractivity contribution in [3.63, 3.8) is 0 Å². The van der Waals surface area contributed by atoms with Crippen molar-refractivity contribution in [2.75, 3.05) is 32.1 Å². The molecule has 1 rings (SSSR count). The smallest absolute Gasteiger partial charge is 0.323 e. The maximum Gasteiger partial charge on any atom is 0.323 e. The summed E-state index contributed by atoms with van der Waals surface area (Å²) >= 11 is 0. The fraction of sp³-hybridized carbons (Fsp3) is 0.400. The number of carboxylic acids is 1. The number of amides is 2. The number of ether oxygens (including phenoxy) is 1. The molecule has 0 bridgehead atoms. The summed E-state index contributed by atoms with van der Waals surface area (Å²) in [5.74, 6) is -1.68. The molecule has 0 heterocycles. The summed E-state index contributed by atoms with van der Waals surface area (Å²) in [6, 6.07) is 6.40. The molecule has 0 aliphatic rings. The normalized spacial score (nSPS) is 10.1. The number of methoxy groups -OCH3 is 1. The molecular formula is C15H20N2O5. The zero-order chi connectivity index (χ0) is 16.5. The number of nitrogens with zero attached hydrogens (tertiary/aromatic N) is 1. The molecular weight excluding hydrogens is 288 g/mol. The molecule has 0 aliphatic heterocycles. The minimum atomic E-state index is -1.10. The van der Waals surface area contributed by atoms with Crippen LogP contribution >= 0.6 is 0 Å². The standard InChI is InChI=1S/C15H20N2O5/c1-3-13(18)16-12-6-4-5-11(9-12)15(21)17(7-8-22-2)10-14(19)20/h4-6,9H,3,7-8,10H2,1-2H3,(H,16,18)(H,19,20). The first-order valence-corrected chi connectivity index (χ1v) is 6.87. The Morgan fingerprint density at radius 2 is 2.05 bits per heavy atom. The van der Waals surface area contributed by atoms with E-state index in [-0.39, 0.29) is 19.1 Å². The van der Waals surface area contributed by atoms with Crippen LogP contribution in [0, 0.1) is 0 Å². The highest BCUT2D eigenvalue weighted by atomic mass is 16.5. The molecule has 1 aromatic carbocycles. The topological polar surface area (TPSA) is 95.9 Å². The fourth-order valence-electron chi connectivity index (χ4n) is 1.78. The quantitative estimate of drug-likeness (QED) is 0.752. The van der Waals surface area contributed by atoms with Gasteiger partial charge < -0.3 is 20.1 Å². The summed E-state index contributed by atoms with van der Waals surface area (Å²) in [4.78, 5) is 35.8. The second-order valence-electron chi connectivity index (χ2n) is 4.60. The summed E-state index contributed by atoms with van der Waals surface area (Å²) in [6.45, 7) is 1.73. The lowest BCUT2D eigenvalue weighted by molar-refractivity contribution is -0.137. The fourth-order valence-corrected chi connectivity index (χ4v) is 1.78. The van der Waals surface area contributed by atoms with Crippen molar-refractivity contribution in [3.05, 3.63) is 29.8 Å². The number of carbonyl (C=O) groups excluding carboxylic acids is 2. The van der Waals surface area contributed by atoms with Crippen LogP contribution in [0.15, 0.2) is 24.3 Å². The predicted octanol–water partition coefficient (Wildman–Crippen LogP) is 1.21. The van der Waals surface area contributed by atoms with Crippen LogP contribution in [0.2, 0.25) is 0 Å². The second-order valence-corrected chi connectivity index (χ2v) is 4.60. The lowest BCUT2D eigenvalue weighted by Crippen LogP contribution is -2.38. The first kappa shape index (κ1) is 17.6. The summed E-state index contributed by atoms with van der Waals surface area (Å²) in [5, 5.41) is 11.6. The molecule has 7 nitrogen and oxygen atoms in total. The van der Waals surface area contributed by atoms with E-state index in [0.717, 1.165) is 0 Å². The highest BCUT2D eigenvalue weighted by molar-refractivity contribution is 5.98. The number of rotatable bonds is 8. The molecule has 0 radical (unpaired) electrons. The monoisotopic (exact) mass is 308 g/mol. The van der Waals surface area contributed by atoms with Gasteiger partial charge in [-0.3, -0.25) is 14.4 Å². The number of benzene rings is 1. The van der Waals surface area contributed by atoms with Gasteiger partial charge in [-0.15, -0.1) is 0 Å². The molecule has 0 saturated carbocycles. The van der Waals surface area contributed by atoms with E-state index < -0.39 is 18.4 Å². The van der Waals surface area contributed by atoms with Gasteiger partial charge in [-0.05, 0) is 18.2 Å². The first-order chi connectivity index (χ1) is 10.5. The van der Waals surface area contributed by atoms with Crippen LogP contribution in [0.25, 0.3) is 0 Å². The van der Waals surface area contributed by atoms with Crippen molar-refractivity contribution in [3.8, 4) is 0 Å². The predicted molar refractivity (Wildman–Crippen MR) is 80.8 cm³/mol. The van der Waals surface area contributed by atoms with Gasteiger partial charge in [0.25, 0.3) is 5.91 Å². The van der Waals surface area contributed by atoms with Crippen LogP contribution in [0.3, 0.4) is 0 Å². The van der Waals surface area contributed by atoms with Crippen LogP contribution < -0.4 is 5.32 Å². The van der Waals surface area contributed by atoms with Crippen molar-refractivity contribution in [1.82, 2.24) is 4.90 Å². The van der Waals surface area contributed by atoms with Gasteiger partial charge in [0.15, 0.2) is 0 Å². The minimum Gasteiger partial charge on any atom is -0.480 e. The third kappa shape index (κ3) is 5.53. The Morgan fingerprint density at radius 1 is 1.32 bits per heavy atom. The van der Waals surface area contributed by atoms with E-state index >= 15 is 0 Å². The van der Waals surface area contributed by atoms with Gasteiger partial charge in [0.1, 0.15) is 6.54 Å². The van der Waals surface area contributed by atoms with E-state index in [2.05, 4.69) is 5.32 Å². The van der Waals surface area contributed by atoms with Crippen LogP contribution in [0.1, 0.15) is 23.7 Å². The van der Waals surface area contributed by atoms with Gasteiger partial charge >= 0.3 is 5.97 Å². The second kappa shape index (κ2) is 8.78. The van der Waals surface area contributed by atoms with E-state index in [9.17, 15) is 14.4 Å². The van der Waals surface area contributed by atoms with Gasteiger partial charge in [0.2, 0.25) is 5.91 Å². The lowest BCUT2D eigenvalue weighted by Gasteiger charge is -2.20. The molecule has 0 spiro atoms. The third-order valence-electron chi connectivity index (χ3n) is 2.89. The molecule has 22 heavy (non-hydrogen) atoms. The van der Waals surface area contributed by atoms with E-state index in [1.54, 1.807) is 25.1 Å². The zero-order valence-corrected chi connectivity index (χ0v) is 12.7. The molecule has 0 atom stereocenters. The molecule has 120 valence electrons. The number of hydrogen-bond acceptors (Lipinski definition) is 4. The van der Waals surface area contributed by atoms with Gasteiger partial charge in [0.05, 0.1) is 6.61 Å². The van der Waals surface area contributed by atoms with Crippen molar-refractivity contribution < 1.29 is 24.2 Å². The number of aliphatic carboxylic acids is 1. The minimum absolute atomic E-state index is 0.161. The van der Waals surface area contributed by atoms with Crippen LogP contribution in [0.4, 0.5) is 5.69 Å². The molecule has 0 unspecified atom stereocenters. The third-order valence-corrected chi connectivity index (χ3v) is 2.89. The van der Waals surface area contributed by atoms with Crippen molar-refractivity contribution in [1.29, 1.82) is 0 Å². The number of carbonyl (C=O) groups is 3. The van der Waals surface area contributed by atoms with Crippen LogP contribution in [-0.2, 0) is 14.3 Å². The van der Waals surface area contributed by atoms with E-state index in [0.29, 0.717) is 17.7 Å². The molecule has 0 saturated heterocycles. The maximum absolute atomic E-state index is 12.4. The molecule has 2 amide bonds. The average Bonchev–Trinajstić information content (AvgIpc) is 2.50. The van der Waals surface area contributed by atoms with Gasteiger partial charge in [0, 0.05) is 31.3 Å². The Labute approximate surface area is 128 Å². The molecule has 0 aromatic heterocycles. The maximum atomic E-state index is 12.4. The first-order valence-electron chi connectivity index (χ1n) is 6.87. The van der Waals surface area contributed by atoms with Gasteiger partial charge in [-0.1, -0.05) is 13.0 Å². The summed E-state index contributed by atoms with van der Waals surface area (Å²) < 4.78 is 4.89. The van der Waals surface area contributed by atoms with E-state index in [4.69, 9.17) is 9.84 Å². The number of anilines is 1. The Bertz CT molecular complexity index is 544. The summed E-state index contributed by atoms with van der Waals surface area (Å²) in [5.41, 5.74) is 0.811. The Hall–Kier alpha value is -2.41. The summed E-state index contributed by atoms with van der Waals surface area (Å²) in [7, 11) is 1.48. The highest BCUT2D eigenvalue weighted by Gasteiger charge is 2.18. The molecule has 1 aromatic rings. The van der Waals surface area contributed by atoms with Gasteiger partial charge in [-0.2, -0.15) is 0 Å². The molecule has 7 heteroatoms. The molecule has 2 N–H and O–H groups in total. The van der Waals surface area contributed by atoms with Gasteiger partial charge in [-0.25, -0.2) is 0 Å². The zero-order valence-electron chi connectivity index (χ0n) is 12.7. The van der Waals surface area contributed by atoms with Crippen molar-refractivity contribution in [2.45, 2.75) is 13.3 Å². The van der Waals surface area contributed by atoms with Crippen molar-refractivity contribution in [2.24, 2.45) is 0 Å². The molecule has 0 fully saturated rings. The summed E-state index contributed by atoms with van der Waals surface area (Å²) in [6.07, 6.45) is 0.331. The Morgan fingerprint density at radius 3 is 2.64 bits per heavy atom. The Kier molecular flexibility index (Phi) is 7.04. The average molecular weight is 308 g/mol. The van der Waals surface area contributed by atoms with Crippen molar-refractivity contribution >= 4 is 23.5 Å². The van der Waals surface area contributed by atoms with E-state index in [1.165, 1.54) is 18.1 Å². The highest BCUT2D eigenvalue weighted by Crippen LogP contribution is 2.13. The Balaban J connectivity index is 2.90. The molecule has 0 aliphatic carbocycles. The number of carboxylic acid groups (broad SMARTS) is 1. The lowest BCUT2D eigenvalue weighted by atomic mass is 10.1. The van der Waals surface area contributed by atoms with Crippen LogP contribution in [0.5, 0.6) is 0 Å².